The van der Waals surface area contributed by atoms with Crippen LogP contribution >= 0.6 is 0 Å². The molecular weight excluding hydrogens is 226 g/mol. The van der Waals surface area contributed by atoms with Crippen molar-refractivity contribution in [2.45, 2.75) is 26.9 Å². The molecule has 1 aromatic carbocycles. The van der Waals surface area contributed by atoms with E-state index in [0.717, 1.165) is 24.5 Å². The lowest BCUT2D eigenvalue weighted by molar-refractivity contribution is 0.335. The molecule has 1 heterocycles. The van der Waals surface area contributed by atoms with Gasteiger partial charge in [0, 0.05) is 29.9 Å². The van der Waals surface area contributed by atoms with Crippen molar-refractivity contribution >= 4 is 0 Å². The van der Waals surface area contributed by atoms with Gasteiger partial charge in [0.15, 0.2) is 0 Å². The Kier molecular flexibility index (Phi) is 4.36. The fraction of sp³-hybridized carbons (Fsp3) is 0.357. The topological polar surface area (TPSA) is 49.9 Å². The summed E-state index contributed by atoms with van der Waals surface area (Å²) in [5, 5.41) is 10.3. The fourth-order valence-corrected chi connectivity index (χ4v) is 1.83. The first-order valence-corrected chi connectivity index (χ1v) is 6.21. The lowest BCUT2D eigenvalue weighted by atomic mass is 10.2. The Morgan fingerprint density at radius 1 is 1.22 bits per heavy atom. The maximum Gasteiger partial charge on any atom is 0.123 e. The number of nitrogens with zero attached hydrogens (tertiary/aromatic N) is 1. The predicted octanol–water partition coefficient (Wildman–Crippen LogP) is 2.41. The highest BCUT2D eigenvalue weighted by Crippen LogP contribution is 2.17. The standard InChI is InChI=1S/C14H19N3O/c1-3-18-14-7-5-4-6-12(14)8-15-9-13-10-16-17-11(13)2/h4-7,10,15H,3,8-9H2,1-2H3,(H,16,17). The van der Waals surface area contributed by atoms with E-state index >= 15 is 0 Å². The number of hydrogen-bond acceptors (Lipinski definition) is 3. The molecular formula is C14H19N3O. The first-order valence-electron chi connectivity index (χ1n) is 6.21. The van der Waals surface area contributed by atoms with Crippen LogP contribution in [0.1, 0.15) is 23.7 Å². The maximum absolute atomic E-state index is 5.59. The normalized spacial score (nSPS) is 10.6. The van der Waals surface area contributed by atoms with Crippen molar-refractivity contribution in [2.75, 3.05) is 6.61 Å². The summed E-state index contributed by atoms with van der Waals surface area (Å²) in [6, 6.07) is 8.11. The third kappa shape index (κ3) is 3.11. The number of nitrogens with one attached hydrogen (secondary N) is 2. The van der Waals surface area contributed by atoms with Gasteiger partial charge in [-0.2, -0.15) is 5.10 Å². The minimum atomic E-state index is 0.692. The van der Waals surface area contributed by atoms with E-state index < -0.39 is 0 Å². The molecule has 0 fully saturated rings. The smallest absolute Gasteiger partial charge is 0.123 e. The third-order valence-electron chi connectivity index (χ3n) is 2.84. The van der Waals surface area contributed by atoms with Crippen LogP contribution in [0.2, 0.25) is 0 Å². The molecule has 0 radical (unpaired) electrons. The monoisotopic (exact) mass is 245 g/mol. The summed E-state index contributed by atoms with van der Waals surface area (Å²) in [5.41, 5.74) is 3.49. The number of para-hydroxylation sites is 1. The summed E-state index contributed by atoms with van der Waals surface area (Å²) < 4.78 is 5.59. The molecule has 0 aliphatic rings. The molecule has 0 saturated carbocycles. The van der Waals surface area contributed by atoms with E-state index in [1.54, 1.807) is 0 Å². The summed E-state index contributed by atoms with van der Waals surface area (Å²) in [7, 11) is 0. The van der Waals surface area contributed by atoms with Crippen LogP contribution in [0.25, 0.3) is 0 Å². The number of H-pyrrole nitrogens is 1. The van der Waals surface area contributed by atoms with E-state index in [1.165, 1.54) is 11.1 Å². The zero-order chi connectivity index (χ0) is 12.8. The molecule has 0 amide bonds. The highest BCUT2D eigenvalue weighted by Gasteiger charge is 2.03. The van der Waals surface area contributed by atoms with Crippen LogP contribution in [-0.2, 0) is 13.1 Å². The first-order chi connectivity index (χ1) is 8.81. The highest BCUT2D eigenvalue weighted by molar-refractivity contribution is 5.33. The lowest BCUT2D eigenvalue weighted by Gasteiger charge is -2.10. The molecule has 2 rings (SSSR count). The van der Waals surface area contributed by atoms with Gasteiger partial charge in [-0.05, 0) is 19.9 Å². The summed E-state index contributed by atoms with van der Waals surface area (Å²) in [6.45, 7) is 6.32. The number of aryl methyl sites for hydroxylation is 1. The quantitative estimate of drug-likeness (QED) is 0.821. The van der Waals surface area contributed by atoms with Crippen molar-refractivity contribution in [1.82, 2.24) is 15.5 Å². The van der Waals surface area contributed by atoms with Crippen LogP contribution in [0.5, 0.6) is 5.75 Å². The molecule has 0 unspecified atom stereocenters. The molecule has 0 saturated heterocycles. The van der Waals surface area contributed by atoms with Gasteiger partial charge >= 0.3 is 0 Å². The van der Waals surface area contributed by atoms with Crippen molar-refractivity contribution in [1.29, 1.82) is 0 Å². The second-order valence-electron chi connectivity index (χ2n) is 4.16. The molecule has 0 spiro atoms. The van der Waals surface area contributed by atoms with E-state index in [9.17, 15) is 0 Å². The molecule has 4 heteroatoms. The van der Waals surface area contributed by atoms with Crippen molar-refractivity contribution in [3.63, 3.8) is 0 Å². The van der Waals surface area contributed by atoms with Crippen LogP contribution in [0.3, 0.4) is 0 Å². The second kappa shape index (κ2) is 6.21. The maximum atomic E-state index is 5.59. The Hall–Kier alpha value is -1.81. The van der Waals surface area contributed by atoms with E-state index in [0.29, 0.717) is 6.61 Å². The van der Waals surface area contributed by atoms with Crippen LogP contribution in [0, 0.1) is 6.92 Å². The first kappa shape index (κ1) is 12.6. The van der Waals surface area contributed by atoms with Gasteiger partial charge < -0.3 is 10.1 Å². The zero-order valence-electron chi connectivity index (χ0n) is 10.9. The molecule has 0 aliphatic carbocycles. The molecule has 0 bridgehead atoms. The Labute approximate surface area is 107 Å². The van der Waals surface area contributed by atoms with Crippen LogP contribution in [0.15, 0.2) is 30.5 Å². The molecule has 18 heavy (non-hydrogen) atoms. The molecule has 2 N–H and O–H groups in total. The number of benzene rings is 1. The van der Waals surface area contributed by atoms with Gasteiger partial charge in [-0.3, -0.25) is 5.10 Å². The zero-order valence-corrected chi connectivity index (χ0v) is 10.9. The molecule has 0 aliphatic heterocycles. The van der Waals surface area contributed by atoms with Gasteiger partial charge in [0.25, 0.3) is 0 Å². The minimum Gasteiger partial charge on any atom is -0.494 e. The Balaban J connectivity index is 1.92. The van der Waals surface area contributed by atoms with Gasteiger partial charge in [-0.1, -0.05) is 18.2 Å². The van der Waals surface area contributed by atoms with E-state index in [-0.39, 0.29) is 0 Å². The highest BCUT2D eigenvalue weighted by atomic mass is 16.5. The van der Waals surface area contributed by atoms with Crippen LogP contribution < -0.4 is 10.1 Å². The molecule has 1 aromatic heterocycles. The van der Waals surface area contributed by atoms with Gasteiger partial charge in [-0.25, -0.2) is 0 Å². The number of hydrogen-bond donors (Lipinski definition) is 2. The summed E-state index contributed by atoms with van der Waals surface area (Å²) in [5.74, 6) is 0.955. The number of ether oxygens (including phenoxy) is 1. The average molecular weight is 245 g/mol. The van der Waals surface area contributed by atoms with Gasteiger partial charge in [0.05, 0.1) is 12.8 Å². The van der Waals surface area contributed by atoms with E-state index in [1.807, 2.05) is 38.2 Å². The molecule has 2 aromatic rings. The van der Waals surface area contributed by atoms with Crippen molar-refractivity contribution in [2.24, 2.45) is 0 Å². The average Bonchev–Trinajstić information content (AvgIpc) is 2.78. The van der Waals surface area contributed by atoms with E-state index in [2.05, 4.69) is 21.6 Å². The minimum absolute atomic E-state index is 0.692. The van der Waals surface area contributed by atoms with Gasteiger partial charge in [0.1, 0.15) is 5.75 Å². The largest absolute Gasteiger partial charge is 0.494 e. The summed E-state index contributed by atoms with van der Waals surface area (Å²) >= 11 is 0. The number of aromatic nitrogens is 2. The summed E-state index contributed by atoms with van der Waals surface area (Å²) in [4.78, 5) is 0. The van der Waals surface area contributed by atoms with Crippen LogP contribution in [0.4, 0.5) is 0 Å². The van der Waals surface area contributed by atoms with Crippen molar-refractivity contribution in [3.05, 3.63) is 47.3 Å². The fourth-order valence-electron chi connectivity index (χ4n) is 1.83. The lowest BCUT2D eigenvalue weighted by Crippen LogP contribution is -2.13. The number of rotatable bonds is 6. The third-order valence-corrected chi connectivity index (χ3v) is 2.84. The Bertz CT molecular complexity index is 493. The van der Waals surface area contributed by atoms with Crippen molar-refractivity contribution < 1.29 is 4.74 Å². The van der Waals surface area contributed by atoms with E-state index in [4.69, 9.17) is 4.74 Å². The second-order valence-corrected chi connectivity index (χ2v) is 4.16. The van der Waals surface area contributed by atoms with Gasteiger partial charge in [-0.15, -0.1) is 0 Å². The molecule has 0 atom stereocenters. The summed E-state index contributed by atoms with van der Waals surface area (Å²) in [6.07, 6.45) is 1.86. The Morgan fingerprint density at radius 3 is 2.72 bits per heavy atom. The SMILES string of the molecule is CCOc1ccccc1CNCc1cn[nH]c1C. The van der Waals surface area contributed by atoms with Gasteiger partial charge in [0.2, 0.25) is 0 Å². The Morgan fingerprint density at radius 2 is 2.00 bits per heavy atom. The van der Waals surface area contributed by atoms with Crippen molar-refractivity contribution in [3.8, 4) is 5.75 Å². The molecule has 96 valence electrons. The predicted molar refractivity (Wildman–Crippen MR) is 71.5 cm³/mol. The number of aromatic amines is 1. The molecule has 4 nitrogen and oxygen atoms in total. The van der Waals surface area contributed by atoms with Crippen LogP contribution in [-0.4, -0.2) is 16.8 Å².